The standard InChI is InChI=1S/C4H6O2.C4H6O/c5-3-1-2-4-6;1-3-5-4-2/h3-4H,1-2H2;3-4H,1-2H2. The van der Waals surface area contributed by atoms with E-state index in [1.807, 2.05) is 0 Å². The molecule has 0 bridgehead atoms. The molecule has 11 heavy (non-hydrogen) atoms. The van der Waals surface area contributed by atoms with E-state index in [9.17, 15) is 9.59 Å². The molecule has 0 spiro atoms. The maximum absolute atomic E-state index is 9.40. The third-order valence-corrected chi connectivity index (χ3v) is 0.595. The Morgan fingerprint density at radius 1 is 1.00 bits per heavy atom. The molecule has 62 valence electrons. The molecule has 0 unspecified atom stereocenters. The highest BCUT2D eigenvalue weighted by atomic mass is 16.5. The summed E-state index contributed by atoms with van der Waals surface area (Å²) in [6.07, 6.45) is 4.82. The molecule has 3 heteroatoms. The first kappa shape index (κ1) is 12.3. The number of ether oxygens (including phenoxy) is 1. The van der Waals surface area contributed by atoms with E-state index >= 15 is 0 Å². The van der Waals surface area contributed by atoms with Crippen LogP contribution < -0.4 is 0 Å². The van der Waals surface area contributed by atoms with Gasteiger partial charge in [-0.05, 0) is 0 Å². The van der Waals surface area contributed by atoms with Crippen molar-refractivity contribution >= 4 is 12.6 Å². The van der Waals surface area contributed by atoms with Crippen molar-refractivity contribution in [3.63, 3.8) is 0 Å². The fourth-order valence-corrected chi connectivity index (χ4v) is 0.204. The van der Waals surface area contributed by atoms with Gasteiger partial charge in [-0.3, -0.25) is 0 Å². The fraction of sp³-hybridized carbons (Fsp3) is 0.250. The molecule has 0 aliphatic carbocycles. The average Bonchev–Trinajstić information content (AvgIpc) is 2.04. The summed E-state index contributed by atoms with van der Waals surface area (Å²) in [4.78, 5) is 18.8. The van der Waals surface area contributed by atoms with Crippen molar-refractivity contribution in [3.05, 3.63) is 25.7 Å². The van der Waals surface area contributed by atoms with Gasteiger partial charge < -0.3 is 14.3 Å². The van der Waals surface area contributed by atoms with E-state index in [2.05, 4.69) is 17.9 Å². The highest BCUT2D eigenvalue weighted by Gasteiger charge is 1.74. The lowest BCUT2D eigenvalue weighted by atomic mass is 10.4. The summed E-state index contributed by atoms with van der Waals surface area (Å²) in [6, 6.07) is 0. The molecular formula is C8H12O3. The molecule has 0 heterocycles. The van der Waals surface area contributed by atoms with E-state index in [1.54, 1.807) is 0 Å². The zero-order valence-corrected chi connectivity index (χ0v) is 6.36. The van der Waals surface area contributed by atoms with Crippen LogP contribution in [0.1, 0.15) is 12.8 Å². The predicted octanol–water partition coefficient (Wildman–Crippen LogP) is 1.45. The van der Waals surface area contributed by atoms with Crippen LogP contribution in [0.15, 0.2) is 25.7 Å². The Morgan fingerprint density at radius 3 is 1.45 bits per heavy atom. The normalized spacial score (nSPS) is 6.55. The van der Waals surface area contributed by atoms with Gasteiger partial charge in [-0.15, -0.1) is 0 Å². The lowest BCUT2D eigenvalue weighted by molar-refractivity contribution is -0.112. The van der Waals surface area contributed by atoms with Crippen LogP contribution in [0.4, 0.5) is 0 Å². The van der Waals surface area contributed by atoms with Gasteiger partial charge in [-0.25, -0.2) is 0 Å². The van der Waals surface area contributed by atoms with E-state index in [0.717, 1.165) is 12.6 Å². The SMILES string of the molecule is C=COC=C.O=CCCC=O. The zero-order chi connectivity index (χ0) is 8.95. The lowest BCUT2D eigenvalue weighted by Gasteiger charge is -1.76. The Hall–Kier alpha value is -1.38. The maximum atomic E-state index is 9.40. The summed E-state index contributed by atoms with van der Waals surface area (Å²) in [5, 5.41) is 0. The summed E-state index contributed by atoms with van der Waals surface area (Å²) in [5.41, 5.74) is 0. The summed E-state index contributed by atoms with van der Waals surface area (Å²) < 4.78 is 4.36. The Balaban J connectivity index is 0. The number of aldehydes is 2. The van der Waals surface area contributed by atoms with E-state index in [1.165, 1.54) is 12.5 Å². The van der Waals surface area contributed by atoms with Gasteiger partial charge >= 0.3 is 0 Å². The van der Waals surface area contributed by atoms with Crippen molar-refractivity contribution in [2.24, 2.45) is 0 Å². The molecule has 0 aromatic carbocycles. The summed E-state index contributed by atoms with van der Waals surface area (Å²) in [7, 11) is 0. The molecule has 0 saturated carbocycles. The first-order valence-electron chi connectivity index (χ1n) is 3.08. The van der Waals surface area contributed by atoms with Gasteiger partial charge in [-0.2, -0.15) is 0 Å². The van der Waals surface area contributed by atoms with Crippen molar-refractivity contribution in [3.8, 4) is 0 Å². The molecule has 0 aliphatic heterocycles. The summed E-state index contributed by atoms with van der Waals surface area (Å²) in [5.74, 6) is 0. The van der Waals surface area contributed by atoms with Crippen molar-refractivity contribution in [1.82, 2.24) is 0 Å². The predicted molar refractivity (Wildman–Crippen MR) is 42.8 cm³/mol. The molecule has 0 amide bonds. The summed E-state index contributed by atoms with van der Waals surface area (Å²) in [6.45, 7) is 6.51. The van der Waals surface area contributed by atoms with E-state index in [4.69, 9.17) is 0 Å². The smallest absolute Gasteiger partial charge is 0.120 e. The molecule has 0 N–H and O–H groups in total. The fourth-order valence-electron chi connectivity index (χ4n) is 0.204. The number of rotatable bonds is 5. The van der Waals surface area contributed by atoms with Gasteiger partial charge in [0.2, 0.25) is 0 Å². The van der Waals surface area contributed by atoms with Crippen LogP contribution in [-0.4, -0.2) is 12.6 Å². The van der Waals surface area contributed by atoms with Gasteiger partial charge in [0.1, 0.15) is 12.6 Å². The van der Waals surface area contributed by atoms with Crippen LogP contribution in [0, 0.1) is 0 Å². The largest absolute Gasteiger partial charge is 0.474 e. The number of carbonyl (C=O) groups is 2. The van der Waals surface area contributed by atoms with Crippen molar-refractivity contribution in [1.29, 1.82) is 0 Å². The monoisotopic (exact) mass is 156 g/mol. The maximum Gasteiger partial charge on any atom is 0.120 e. The molecule has 0 aromatic heterocycles. The lowest BCUT2D eigenvalue weighted by Crippen LogP contribution is -1.73. The Bertz CT molecular complexity index is 105. The van der Waals surface area contributed by atoms with Gasteiger partial charge in [-0.1, -0.05) is 13.2 Å². The van der Waals surface area contributed by atoms with Crippen molar-refractivity contribution < 1.29 is 14.3 Å². The first-order chi connectivity index (χ1) is 5.33. The molecule has 3 nitrogen and oxygen atoms in total. The third kappa shape index (κ3) is 28.8. The minimum Gasteiger partial charge on any atom is -0.474 e. The average molecular weight is 156 g/mol. The summed E-state index contributed by atoms with van der Waals surface area (Å²) >= 11 is 0. The zero-order valence-electron chi connectivity index (χ0n) is 6.36. The number of carbonyl (C=O) groups excluding carboxylic acids is 2. The Kier molecular flexibility index (Phi) is 17.7. The topological polar surface area (TPSA) is 43.4 Å². The van der Waals surface area contributed by atoms with Crippen LogP contribution in [0.2, 0.25) is 0 Å². The minimum absolute atomic E-state index is 0.365. The second-order valence-electron chi connectivity index (χ2n) is 1.38. The molecule has 0 aromatic rings. The second-order valence-corrected chi connectivity index (χ2v) is 1.38. The first-order valence-corrected chi connectivity index (χ1v) is 3.08. The van der Waals surface area contributed by atoms with Crippen LogP contribution in [0.5, 0.6) is 0 Å². The van der Waals surface area contributed by atoms with Crippen LogP contribution in [-0.2, 0) is 14.3 Å². The van der Waals surface area contributed by atoms with Crippen LogP contribution in [0.25, 0.3) is 0 Å². The Labute approximate surface area is 66.4 Å². The minimum atomic E-state index is 0.365. The van der Waals surface area contributed by atoms with Gasteiger partial charge in [0.05, 0.1) is 12.5 Å². The second kappa shape index (κ2) is 15.8. The number of unbranched alkanes of at least 4 members (excludes halogenated alkanes) is 1. The van der Waals surface area contributed by atoms with E-state index < -0.39 is 0 Å². The Morgan fingerprint density at radius 2 is 1.36 bits per heavy atom. The van der Waals surface area contributed by atoms with Gasteiger partial charge in [0.25, 0.3) is 0 Å². The van der Waals surface area contributed by atoms with Crippen molar-refractivity contribution in [2.45, 2.75) is 12.8 Å². The molecule has 0 atom stereocenters. The molecular weight excluding hydrogens is 144 g/mol. The third-order valence-electron chi connectivity index (χ3n) is 0.595. The molecule has 0 aliphatic rings. The van der Waals surface area contributed by atoms with Gasteiger partial charge in [0, 0.05) is 12.8 Å². The highest BCUT2D eigenvalue weighted by Crippen LogP contribution is 1.72. The molecule has 0 fully saturated rings. The molecule has 0 radical (unpaired) electrons. The highest BCUT2D eigenvalue weighted by molar-refractivity contribution is 5.58. The van der Waals surface area contributed by atoms with Crippen LogP contribution >= 0.6 is 0 Å². The number of hydrogen-bond acceptors (Lipinski definition) is 3. The van der Waals surface area contributed by atoms with Crippen molar-refractivity contribution in [2.75, 3.05) is 0 Å². The van der Waals surface area contributed by atoms with E-state index in [0.29, 0.717) is 12.8 Å². The quantitative estimate of drug-likeness (QED) is 0.344. The van der Waals surface area contributed by atoms with E-state index in [-0.39, 0.29) is 0 Å². The van der Waals surface area contributed by atoms with Gasteiger partial charge in [0.15, 0.2) is 0 Å². The molecule has 0 saturated heterocycles. The number of hydrogen-bond donors (Lipinski definition) is 0. The molecule has 0 rings (SSSR count). The van der Waals surface area contributed by atoms with Crippen LogP contribution in [0.3, 0.4) is 0 Å².